The molecule has 0 saturated carbocycles. The maximum atomic E-state index is 12.5. The van der Waals surface area contributed by atoms with Gasteiger partial charge in [0.2, 0.25) is 5.91 Å². The average molecular weight is 405 g/mol. The Morgan fingerprint density at radius 1 is 1.11 bits per heavy atom. The minimum atomic E-state index is 0.0524. The van der Waals surface area contributed by atoms with Crippen molar-refractivity contribution < 1.29 is 13.6 Å². The van der Waals surface area contributed by atoms with Gasteiger partial charge in [-0.05, 0) is 24.3 Å². The molecule has 0 N–H and O–H groups in total. The van der Waals surface area contributed by atoms with Gasteiger partial charge in [-0.2, -0.15) is 0 Å². The smallest absolute Gasteiger partial charge is 0.284 e. The molecule has 1 aliphatic rings. The number of hydrogen-bond acceptors (Lipinski definition) is 7. The van der Waals surface area contributed by atoms with Gasteiger partial charge in [0.25, 0.3) is 11.1 Å². The third kappa shape index (κ3) is 4.12. The van der Waals surface area contributed by atoms with Crippen LogP contribution < -0.4 is 4.90 Å². The first-order valence-corrected chi connectivity index (χ1v) is 9.84. The Hall–Kier alpha value is -2.45. The van der Waals surface area contributed by atoms with Crippen molar-refractivity contribution in [3.05, 3.63) is 47.7 Å². The Balaban J connectivity index is 1.28. The lowest BCUT2D eigenvalue weighted by molar-refractivity contribution is -0.128. The molecule has 1 amide bonds. The molecular weight excluding hydrogens is 388 g/mol. The molecule has 9 heteroatoms. The fraction of sp³-hybridized carbons (Fsp3) is 0.278. The number of carbonyl (C=O) groups excluding carboxylic acids is 1. The van der Waals surface area contributed by atoms with E-state index in [1.807, 2.05) is 29.2 Å². The molecule has 0 atom stereocenters. The van der Waals surface area contributed by atoms with E-state index in [1.165, 1.54) is 18.0 Å². The summed E-state index contributed by atoms with van der Waals surface area (Å²) in [6, 6.07) is 11.3. The molecule has 3 aromatic rings. The second kappa shape index (κ2) is 8.06. The van der Waals surface area contributed by atoms with Crippen LogP contribution in [-0.2, 0) is 4.79 Å². The Morgan fingerprint density at radius 2 is 1.93 bits per heavy atom. The molecule has 2 aromatic heterocycles. The number of anilines is 1. The van der Waals surface area contributed by atoms with E-state index in [1.54, 1.807) is 12.1 Å². The first-order valence-electron chi connectivity index (χ1n) is 8.48. The predicted molar refractivity (Wildman–Crippen MR) is 103 cm³/mol. The molecule has 0 radical (unpaired) electrons. The van der Waals surface area contributed by atoms with E-state index in [0.29, 0.717) is 30.0 Å². The Morgan fingerprint density at radius 3 is 2.67 bits per heavy atom. The molecule has 3 heterocycles. The number of furan rings is 1. The van der Waals surface area contributed by atoms with Gasteiger partial charge < -0.3 is 18.6 Å². The van der Waals surface area contributed by atoms with Crippen LogP contribution >= 0.6 is 23.4 Å². The Kier molecular flexibility index (Phi) is 5.35. The van der Waals surface area contributed by atoms with Gasteiger partial charge in [0.05, 0.1) is 22.7 Å². The molecule has 7 nitrogen and oxygen atoms in total. The van der Waals surface area contributed by atoms with Crippen molar-refractivity contribution in [2.45, 2.75) is 5.22 Å². The van der Waals surface area contributed by atoms with E-state index in [9.17, 15) is 4.79 Å². The third-order valence-electron chi connectivity index (χ3n) is 4.28. The van der Waals surface area contributed by atoms with Gasteiger partial charge in [0.1, 0.15) is 0 Å². The monoisotopic (exact) mass is 404 g/mol. The average Bonchev–Trinajstić information content (AvgIpc) is 3.38. The molecule has 0 bridgehead atoms. The van der Waals surface area contributed by atoms with Crippen LogP contribution in [-0.4, -0.2) is 52.9 Å². The number of nitrogens with zero attached hydrogens (tertiary/aromatic N) is 4. The number of para-hydroxylation sites is 1. The number of rotatable bonds is 5. The van der Waals surface area contributed by atoms with Gasteiger partial charge in [0, 0.05) is 26.2 Å². The van der Waals surface area contributed by atoms with E-state index in [-0.39, 0.29) is 11.7 Å². The lowest BCUT2D eigenvalue weighted by atomic mass is 10.2. The molecular formula is C18H17ClN4O3S. The number of aromatic nitrogens is 2. The van der Waals surface area contributed by atoms with Crippen LogP contribution in [0.5, 0.6) is 0 Å². The summed E-state index contributed by atoms with van der Waals surface area (Å²) in [6.07, 6.45) is 1.54. The molecule has 0 spiro atoms. The normalized spacial score (nSPS) is 14.6. The van der Waals surface area contributed by atoms with Crippen LogP contribution in [0.3, 0.4) is 0 Å². The number of piperazine rings is 1. The lowest BCUT2D eigenvalue weighted by Crippen LogP contribution is -2.49. The summed E-state index contributed by atoms with van der Waals surface area (Å²) in [6.45, 7) is 2.82. The fourth-order valence-corrected chi connectivity index (χ4v) is 3.81. The van der Waals surface area contributed by atoms with E-state index in [4.69, 9.17) is 20.4 Å². The van der Waals surface area contributed by atoms with E-state index in [0.717, 1.165) is 23.8 Å². The van der Waals surface area contributed by atoms with Crippen molar-refractivity contribution in [1.29, 1.82) is 0 Å². The topological polar surface area (TPSA) is 75.6 Å². The first kappa shape index (κ1) is 17.9. The minimum absolute atomic E-state index is 0.0524. The van der Waals surface area contributed by atoms with Crippen LogP contribution in [0, 0.1) is 0 Å². The molecule has 140 valence electrons. The SMILES string of the molecule is O=C(CSc1nnc(-c2ccco2)o1)N1CCN(c2ccccc2Cl)CC1. The van der Waals surface area contributed by atoms with Crippen LogP contribution in [0.25, 0.3) is 11.7 Å². The summed E-state index contributed by atoms with van der Waals surface area (Å²) in [5.41, 5.74) is 1.01. The molecule has 27 heavy (non-hydrogen) atoms. The quantitative estimate of drug-likeness (QED) is 0.603. The third-order valence-corrected chi connectivity index (χ3v) is 5.41. The zero-order chi connectivity index (χ0) is 18.6. The predicted octanol–water partition coefficient (Wildman–Crippen LogP) is 3.42. The van der Waals surface area contributed by atoms with Crippen LogP contribution in [0.15, 0.2) is 56.7 Å². The van der Waals surface area contributed by atoms with Crippen LogP contribution in [0.2, 0.25) is 5.02 Å². The lowest BCUT2D eigenvalue weighted by Gasteiger charge is -2.36. The molecule has 4 rings (SSSR count). The second-order valence-electron chi connectivity index (χ2n) is 5.96. The van der Waals surface area contributed by atoms with E-state index >= 15 is 0 Å². The number of thioether (sulfide) groups is 1. The molecule has 1 aliphatic heterocycles. The summed E-state index contributed by atoms with van der Waals surface area (Å²) in [4.78, 5) is 16.5. The summed E-state index contributed by atoms with van der Waals surface area (Å²) in [7, 11) is 0. The summed E-state index contributed by atoms with van der Waals surface area (Å²) in [5.74, 6) is 1.13. The zero-order valence-corrected chi connectivity index (χ0v) is 15.9. The molecule has 0 aliphatic carbocycles. The summed E-state index contributed by atoms with van der Waals surface area (Å²) in [5, 5.41) is 8.95. The van der Waals surface area contributed by atoms with Gasteiger partial charge in [0.15, 0.2) is 5.76 Å². The molecule has 1 fully saturated rings. The van der Waals surface area contributed by atoms with Gasteiger partial charge in [-0.3, -0.25) is 4.79 Å². The highest BCUT2D eigenvalue weighted by atomic mass is 35.5. The number of carbonyl (C=O) groups is 1. The van der Waals surface area contributed by atoms with Gasteiger partial charge in [-0.1, -0.05) is 35.5 Å². The maximum absolute atomic E-state index is 12.5. The number of amides is 1. The van der Waals surface area contributed by atoms with Gasteiger partial charge in [-0.25, -0.2) is 0 Å². The highest BCUT2D eigenvalue weighted by Gasteiger charge is 2.23. The van der Waals surface area contributed by atoms with Crippen molar-refractivity contribution >= 4 is 35.0 Å². The van der Waals surface area contributed by atoms with Gasteiger partial charge in [-0.15, -0.1) is 10.2 Å². The van der Waals surface area contributed by atoms with Crippen LogP contribution in [0.4, 0.5) is 5.69 Å². The zero-order valence-electron chi connectivity index (χ0n) is 14.4. The molecule has 1 saturated heterocycles. The van der Waals surface area contributed by atoms with Crippen molar-refractivity contribution in [3.8, 4) is 11.7 Å². The van der Waals surface area contributed by atoms with Crippen LogP contribution in [0.1, 0.15) is 0 Å². The minimum Gasteiger partial charge on any atom is -0.459 e. The maximum Gasteiger partial charge on any atom is 0.284 e. The number of hydrogen-bond donors (Lipinski definition) is 0. The number of halogens is 1. The molecule has 0 unspecified atom stereocenters. The van der Waals surface area contributed by atoms with Crippen molar-refractivity contribution in [3.63, 3.8) is 0 Å². The second-order valence-corrected chi connectivity index (χ2v) is 7.29. The molecule has 1 aromatic carbocycles. The van der Waals surface area contributed by atoms with Crippen molar-refractivity contribution in [2.75, 3.05) is 36.8 Å². The first-order chi connectivity index (χ1) is 13.2. The van der Waals surface area contributed by atoms with E-state index < -0.39 is 0 Å². The number of benzene rings is 1. The van der Waals surface area contributed by atoms with Crippen molar-refractivity contribution in [2.24, 2.45) is 0 Å². The largest absolute Gasteiger partial charge is 0.459 e. The van der Waals surface area contributed by atoms with Crippen molar-refractivity contribution in [1.82, 2.24) is 15.1 Å². The Bertz CT molecular complexity index is 907. The highest BCUT2D eigenvalue weighted by Crippen LogP contribution is 2.27. The fourth-order valence-electron chi connectivity index (χ4n) is 2.89. The highest BCUT2D eigenvalue weighted by molar-refractivity contribution is 7.99. The van der Waals surface area contributed by atoms with Gasteiger partial charge >= 0.3 is 0 Å². The summed E-state index contributed by atoms with van der Waals surface area (Å²) >= 11 is 7.49. The standard InChI is InChI=1S/C18H17ClN4O3S/c19-13-4-1-2-5-14(13)22-7-9-23(10-8-22)16(24)12-27-18-21-20-17(26-18)15-6-3-11-25-15/h1-6,11H,7-10,12H2. The van der Waals surface area contributed by atoms with E-state index in [2.05, 4.69) is 15.1 Å². The summed E-state index contributed by atoms with van der Waals surface area (Å²) < 4.78 is 10.7. The Labute approximate surface area is 165 Å².